The number of thiophene rings is 1. The van der Waals surface area contributed by atoms with E-state index in [0.29, 0.717) is 5.95 Å². The zero-order chi connectivity index (χ0) is 14.2. The van der Waals surface area contributed by atoms with Gasteiger partial charge in [0.15, 0.2) is 0 Å². The highest BCUT2D eigenvalue weighted by Crippen LogP contribution is 2.36. The molecule has 2 aromatic heterocycles. The van der Waals surface area contributed by atoms with Crippen LogP contribution in [0.15, 0.2) is 41.1 Å². The van der Waals surface area contributed by atoms with Crippen molar-refractivity contribution in [2.75, 3.05) is 5.73 Å². The molecule has 104 valence electrons. The maximum Gasteiger partial charge on any atom is 0.221 e. The summed E-state index contributed by atoms with van der Waals surface area (Å²) in [4.78, 5) is 9.07. The van der Waals surface area contributed by atoms with Crippen LogP contribution in [0.5, 0.6) is 0 Å². The quantitative estimate of drug-likeness (QED) is 0.739. The Bertz CT molecular complexity index is 794. The molecular formula is C17H15N3S. The topological polar surface area (TPSA) is 51.8 Å². The van der Waals surface area contributed by atoms with E-state index >= 15 is 0 Å². The maximum atomic E-state index is 5.98. The lowest BCUT2D eigenvalue weighted by Crippen LogP contribution is -2.04. The molecule has 0 aliphatic heterocycles. The third-order valence-corrected chi connectivity index (χ3v) is 4.65. The van der Waals surface area contributed by atoms with E-state index < -0.39 is 0 Å². The summed E-state index contributed by atoms with van der Waals surface area (Å²) in [7, 11) is 0. The average molecular weight is 293 g/mol. The minimum atomic E-state index is 0.353. The first-order valence-electron chi connectivity index (χ1n) is 7.10. The van der Waals surface area contributed by atoms with E-state index in [-0.39, 0.29) is 0 Å². The molecule has 1 aliphatic carbocycles. The van der Waals surface area contributed by atoms with Crippen molar-refractivity contribution in [1.29, 1.82) is 0 Å². The van der Waals surface area contributed by atoms with Gasteiger partial charge in [0, 0.05) is 22.1 Å². The molecule has 0 unspecified atom stereocenters. The largest absolute Gasteiger partial charge is 0.368 e. The van der Waals surface area contributed by atoms with Gasteiger partial charge in [-0.2, -0.15) is 11.3 Å². The molecule has 0 radical (unpaired) electrons. The standard InChI is InChI=1S/C17H15N3S/c18-17-19-15(12-8-9-21-10-12)14-7-3-5-11-4-1-2-6-13(11)16(14)20-17/h1-2,4,6,8-10H,3,5,7H2,(H2,18,19,20). The number of aryl methyl sites for hydroxylation is 1. The molecule has 0 spiro atoms. The summed E-state index contributed by atoms with van der Waals surface area (Å²) in [5, 5.41) is 4.20. The maximum absolute atomic E-state index is 5.98. The van der Waals surface area contributed by atoms with Gasteiger partial charge in [-0.25, -0.2) is 9.97 Å². The van der Waals surface area contributed by atoms with Gasteiger partial charge in [0.1, 0.15) is 0 Å². The molecular weight excluding hydrogens is 278 g/mol. The van der Waals surface area contributed by atoms with Gasteiger partial charge >= 0.3 is 0 Å². The Balaban J connectivity index is 2.02. The van der Waals surface area contributed by atoms with Gasteiger partial charge < -0.3 is 5.73 Å². The second-order valence-corrected chi connectivity index (χ2v) is 6.06. The van der Waals surface area contributed by atoms with Gasteiger partial charge in [-0.3, -0.25) is 0 Å². The van der Waals surface area contributed by atoms with E-state index in [4.69, 9.17) is 5.73 Å². The highest BCUT2D eigenvalue weighted by molar-refractivity contribution is 7.08. The zero-order valence-corrected chi connectivity index (χ0v) is 12.4. The van der Waals surface area contributed by atoms with E-state index in [9.17, 15) is 0 Å². The van der Waals surface area contributed by atoms with E-state index in [1.165, 1.54) is 16.7 Å². The van der Waals surface area contributed by atoms with Crippen molar-refractivity contribution in [2.45, 2.75) is 19.3 Å². The fraction of sp³-hybridized carbons (Fsp3) is 0.176. The van der Waals surface area contributed by atoms with Crippen LogP contribution >= 0.6 is 11.3 Å². The first kappa shape index (κ1) is 12.5. The number of nitrogens with zero attached hydrogens (tertiary/aromatic N) is 2. The third-order valence-electron chi connectivity index (χ3n) is 3.96. The van der Waals surface area contributed by atoms with E-state index in [1.807, 2.05) is 0 Å². The minimum Gasteiger partial charge on any atom is -0.368 e. The number of rotatable bonds is 1. The van der Waals surface area contributed by atoms with Gasteiger partial charge in [-0.1, -0.05) is 24.3 Å². The Labute approximate surface area is 127 Å². The molecule has 4 heteroatoms. The monoisotopic (exact) mass is 293 g/mol. The number of nitrogens with two attached hydrogens (primary N) is 1. The van der Waals surface area contributed by atoms with Gasteiger partial charge in [-0.15, -0.1) is 0 Å². The second kappa shape index (κ2) is 4.97. The molecule has 4 rings (SSSR count). The molecule has 1 aliphatic rings. The molecule has 0 bridgehead atoms. The van der Waals surface area contributed by atoms with Crippen molar-refractivity contribution < 1.29 is 0 Å². The first-order chi connectivity index (χ1) is 10.3. The molecule has 0 amide bonds. The summed E-state index contributed by atoms with van der Waals surface area (Å²) >= 11 is 1.68. The van der Waals surface area contributed by atoms with Crippen molar-refractivity contribution in [3.05, 3.63) is 52.2 Å². The molecule has 3 nitrogen and oxygen atoms in total. The van der Waals surface area contributed by atoms with Crippen molar-refractivity contribution in [1.82, 2.24) is 9.97 Å². The Morgan fingerprint density at radius 3 is 2.71 bits per heavy atom. The smallest absolute Gasteiger partial charge is 0.221 e. The normalized spacial score (nSPS) is 13.3. The summed E-state index contributed by atoms with van der Waals surface area (Å²) in [5.41, 5.74) is 12.9. The fourth-order valence-electron chi connectivity index (χ4n) is 3.02. The third kappa shape index (κ3) is 2.12. The number of nitrogen functional groups attached to an aromatic ring is 1. The summed E-state index contributed by atoms with van der Waals surface area (Å²) in [6.07, 6.45) is 3.19. The molecule has 21 heavy (non-hydrogen) atoms. The zero-order valence-electron chi connectivity index (χ0n) is 11.5. The highest BCUT2D eigenvalue weighted by Gasteiger charge is 2.21. The molecule has 0 atom stereocenters. The molecule has 2 N–H and O–H groups in total. The molecule has 0 fully saturated rings. The van der Waals surface area contributed by atoms with Crippen LogP contribution in [0.25, 0.3) is 22.5 Å². The number of fused-ring (bicyclic) bond motifs is 3. The van der Waals surface area contributed by atoms with Crippen LogP contribution in [0.2, 0.25) is 0 Å². The number of hydrogen-bond donors (Lipinski definition) is 1. The summed E-state index contributed by atoms with van der Waals surface area (Å²) in [5.74, 6) is 0.353. The summed E-state index contributed by atoms with van der Waals surface area (Å²) in [6, 6.07) is 10.6. The van der Waals surface area contributed by atoms with Gasteiger partial charge in [0.25, 0.3) is 0 Å². The van der Waals surface area contributed by atoms with Crippen molar-refractivity contribution in [3.63, 3.8) is 0 Å². The lowest BCUT2D eigenvalue weighted by Gasteiger charge is -2.12. The number of hydrogen-bond acceptors (Lipinski definition) is 4. The lowest BCUT2D eigenvalue weighted by atomic mass is 9.99. The van der Waals surface area contributed by atoms with Gasteiger partial charge in [-0.05, 0) is 36.3 Å². The molecule has 1 aromatic carbocycles. The summed E-state index contributed by atoms with van der Waals surface area (Å²) < 4.78 is 0. The molecule has 0 saturated carbocycles. The van der Waals surface area contributed by atoms with Crippen molar-refractivity contribution in [2.24, 2.45) is 0 Å². The van der Waals surface area contributed by atoms with E-state index in [0.717, 1.165) is 36.2 Å². The van der Waals surface area contributed by atoms with Crippen molar-refractivity contribution in [3.8, 4) is 22.5 Å². The number of aromatic nitrogens is 2. The van der Waals surface area contributed by atoms with Crippen LogP contribution in [0, 0.1) is 0 Å². The van der Waals surface area contributed by atoms with E-state index in [2.05, 4.69) is 51.1 Å². The SMILES string of the molecule is Nc1nc(-c2ccsc2)c2c(n1)-c1ccccc1CCC2. The Morgan fingerprint density at radius 2 is 1.86 bits per heavy atom. The first-order valence-corrected chi connectivity index (χ1v) is 8.04. The van der Waals surface area contributed by atoms with Crippen molar-refractivity contribution >= 4 is 17.3 Å². The van der Waals surface area contributed by atoms with Crippen LogP contribution in [0.4, 0.5) is 5.95 Å². The van der Waals surface area contributed by atoms with Crippen LogP contribution in [-0.4, -0.2) is 9.97 Å². The number of benzene rings is 1. The average Bonchev–Trinajstić information content (AvgIpc) is 2.96. The van der Waals surface area contributed by atoms with Crippen LogP contribution in [0.1, 0.15) is 17.5 Å². The fourth-order valence-corrected chi connectivity index (χ4v) is 3.66. The van der Waals surface area contributed by atoms with Crippen LogP contribution in [-0.2, 0) is 12.8 Å². The minimum absolute atomic E-state index is 0.353. The highest BCUT2D eigenvalue weighted by atomic mass is 32.1. The van der Waals surface area contributed by atoms with Crippen LogP contribution in [0.3, 0.4) is 0 Å². The Hall–Kier alpha value is -2.20. The Morgan fingerprint density at radius 1 is 1.00 bits per heavy atom. The van der Waals surface area contributed by atoms with E-state index in [1.54, 1.807) is 11.3 Å². The van der Waals surface area contributed by atoms with Gasteiger partial charge in [0.05, 0.1) is 11.4 Å². The molecule has 3 aromatic rings. The molecule has 0 saturated heterocycles. The van der Waals surface area contributed by atoms with Gasteiger partial charge in [0.2, 0.25) is 5.95 Å². The number of anilines is 1. The molecule has 2 heterocycles. The van der Waals surface area contributed by atoms with Crippen LogP contribution < -0.4 is 5.73 Å². The predicted octanol–water partition coefficient (Wildman–Crippen LogP) is 3.94. The Kier molecular flexibility index (Phi) is 2.97. The predicted molar refractivity (Wildman–Crippen MR) is 87.2 cm³/mol. The lowest BCUT2D eigenvalue weighted by molar-refractivity contribution is 0.831. The second-order valence-electron chi connectivity index (χ2n) is 5.28. The summed E-state index contributed by atoms with van der Waals surface area (Å²) in [6.45, 7) is 0.